The van der Waals surface area contributed by atoms with Crippen molar-refractivity contribution >= 4 is 23.2 Å². The molecule has 0 aliphatic rings. The summed E-state index contributed by atoms with van der Waals surface area (Å²) >= 11 is 0. The van der Waals surface area contributed by atoms with E-state index in [0.29, 0.717) is 35.6 Å². The minimum absolute atomic E-state index is 0.258. The van der Waals surface area contributed by atoms with Gasteiger partial charge < -0.3 is 15.0 Å². The number of nitrogens with zero attached hydrogens (tertiary/aromatic N) is 7. The summed E-state index contributed by atoms with van der Waals surface area (Å²) in [5.74, 6) is 1.04. The lowest BCUT2D eigenvalue weighted by atomic mass is 10.2. The minimum atomic E-state index is -0.435. The third kappa shape index (κ3) is 4.42. The van der Waals surface area contributed by atoms with Gasteiger partial charge in [0.1, 0.15) is 12.9 Å². The summed E-state index contributed by atoms with van der Waals surface area (Å²) in [6.07, 6.45) is 1.43. The van der Waals surface area contributed by atoms with E-state index in [9.17, 15) is 9.59 Å². The first-order valence-electron chi connectivity index (χ1n) is 8.72. The van der Waals surface area contributed by atoms with E-state index < -0.39 is 11.5 Å². The highest BCUT2D eigenvalue weighted by atomic mass is 16.5. The molecule has 0 aliphatic heterocycles. The summed E-state index contributed by atoms with van der Waals surface area (Å²) < 4.78 is 8.21. The zero-order valence-corrected chi connectivity index (χ0v) is 16.2. The van der Waals surface area contributed by atoms with Crippen LogP contribution in [0.1, 0.15) is 13.8 Å². The van der Waals surface area contributed by atoms with Gasteiger partial charge in [-0.15, -0.1) is 20.4 Å². The molecular weight excluding hydrogens is 364 g/mol. The van der Waals surface area contributed by atoms with Crippen molar-refractivity contribution in [2.45, 2.75) is 20.4 Å². The molecule has 0 saturated carbocycles. The van der Waals surface area contributed by atoms with Crippen molar-refractivity contribution in [3.8, 4) is 5.75 Å². The molecule has 11 nitrogen and oxygen atoms in total. The number of hydrogen-bond donors (Lipinski definition) is 1. The Kier molecular flexibility index (Phi) is 5.52. The van der Waals surface area contributed by atoms with Crippen LogP contribution < -0.4 is 20.5 Å². The molecule has 0 unspecified atom stereocenters. The fourth-order valence-electron chi connectivity index (χ4n) is 2.36. The third-order valence-corrected chi connectivity index (χ3v) is 3.66. The second-order valence-electron chi connectivity index (χ2n) is 6.83. The number of anilines is 2. The Balaban J connectivity index is 1.77. The smallest absolute Gasteiger partial charge is 0.271 e. The standard InChI is InChI=1S/C17H22N8O3/c1-11(2)9-28-12-7-16(27)24(22-17(12)23(3)4)8-15(26)19-13-5-6-14-20-18-10-25(14)21-13/h5-7,10-11H,8-9H2,1-4H3,(H,19,21,26). The lowest BCUT2D eigenvalue weighted by molar-refractivity contribution is -0.117. The maximum absolute atomic E-state index is 12.4. The van der Waals surface area contributed by atoms with Crippen LogP contribution in [0, 0.1) is 5.92 Å². The Labute approximate surface area is 160 Å². The molecule has 3 aromatic heterocycles. The van der Waals surface area contributed by atoms with Crippen LogP contribution in [0.2, 0.25) is 0 Å². The summed E-state index contributed by atoms with van der Waals surface area (Å²) in [7, 11) is 3.58. The number of carbonyl (C=O) groups excluding carboxylic acids is 1. The van der Waals surface area contributed by atoms with E-state index in [1.54, 1.807) is 31.1 Å². The molecule has 0 bridgehead atoms. The van der Waals surface area contributed by atoms with Gasteiger partial charge in [0.05, 0.1) is 12.7 Å². The Bertz CT molecular complexity index is 1040. The van der Waals surface area contributed by atoms with Crippen LogP contribution in [-0.2, 0) is 11.3 Å². The fourth-order valence-corrected chi connectivity index (χ4v) is 2.36. The monoisotopic (exact) mass is 386 g/mol. The molecule has 0 aromatic carbocycles. The number of aromatic nitrogens is 6. The van der Waals surface area contributed by atoms with Crippen molar-refractivity contribution in [1.29, 1.82) is 0 Å². The van der Waals surface area contributed by atoms with E-state index in [-0.39, 0.29) is 6.54 Å². The lowest BCUT2D eigenvalue weighted by Crippen LogP contribution is -2.31. The van der Waals surface area contributed by atoms with Crippen LogP contribution >= 0.6 is 0 Å². The molecule has 148 valence electrons. The van der Waals surface area contributed by atoms with Crippen LogP contribution in [0.15, 0.2) is 29.3 Å². The minimum Gasteiger partial charge on any atom is -0.489 e. The molecule has 11 heteroatoms. The largest absolute Gasteiger partial charge is 0.489 e. The SMILES string of the molecule is CC(C)COc1cc(=O)n(CC(=O)Nc2ccc3nncn3n2)nc1N(C)C. The summed E-state index contributed by atoms with van der Waals surface area (Å²) in [5, 5.41) is 18.6. The lowest BCUT2D eigenvalue weighted by Gasteiger charge is -2.18. The molecule has 28 heavy (non-hydrogen) atoms. The van der Waals surface area contributed by atoms with Crippen LogP contribution in [-0.4, -0.2) is 56.2 Å². The number of nitrogens with one attached hydrogen (secondary N) is 1. The molecule has 0 radical (unpaired) electrons. The van der Waals surface area contributed by atoms with Crippen molar-refractivity contribution < 1.29 is 9.53 Å². The number of ether oxygens (including phenoxy) is 1. The number of amides is 1. The van der Waals surface area contributed by atoms with Gasteiger partial charge in [-0.3, -0.25) is 9.59 Å². The van der Waals surface area contributed by atoms with Gasteiger partial charge in [-0.1, -0.05) is 13.8 Å². The first-order valence-corrected chi connectivity index (χ1v) is 8.72. The molecule has 0 fully saturated rings. The predicted octanol–water partition coefficient (Wildman–Crippen LogP) is 0.421. The first kappa shape index (κ1) is 19.3. The van der Waals surface area contributed by atoms with Gasteiger partial charge in [-0.05, 0) is 18.1 Å². The van der Waals surface area contributed by atoms with E-state index in [4.69, 9.17) is 4.74 Å². The Morgan fingerprint density at radius 1 is 1.29 bits per heavy atom. The van der Waals surface area contributed by atoms with E-state index in [2.05, 4.69) is 25.7 Å². The summed E-state index contributed by atoms with van der Waals surface area (Å²) in [6.45, 7) is 4.23. The van der Waals surface area contributed by atoms with E-state index in [0.717, 1.165) is 4.68 Å². The van der Waals surface area contributed by atoms with Gasteiger partial charge in [0.25, 0.3) is 5.56 Å². The molecule has 1 N–H and O–H groups in total. The number of carbonyl (C=O) groups is 1. The summed E-state index contributed by atoms with van der Waals surface area (Å²) in [5.41, 5.74) is 0.130. The van der Waals surface area contributed by atoms with Gasteiger partial charge in [0.2, 0.25) is 5.91 Å². The van der Waals surface area contributed by atoms with Crippen LogP contribution in [0.3, 0.4) is 0 Å². The Hall–Kier alpha value is -3.50. The van der Waals surface area contributed by atoms with Gasteiger partial charge >= 0.3 is 0 Å². The van der Waals surface area contributed by atoms with Crippen molar-refractivity contribution in [1.82, 2.24) is 29.6 Å². The average molecular weight is 386 g/mol. The summed E-state index contributed by atoms with van der Waals surface area (Å²) in [6, 6.07) is 4.62. The quantitative estimate of drug-likeness (QED) is 0.620. The molecule has 0 saturated heterocycles. The van der Waals surface area contributed by atoms with Gasteiger partial charge in [0, 0.05) is 14.1 Å². The van der Waals surface area contributed by atoms with E-state index >= 15 is 0 Å². The molecule has 3 aromatic rings. The zero-order chi connectivity index (χ0) is 20.3. The Morgan fingerprint density at radius 2 is 2.07 bits per heavy atom. The van der Waals surface area contributed by atoms with Crippen LogP contribution in [0.5, 0.6) is 5.75 Å². The molecule has 0 spiro atoms. The van der Waals surface area contributed by atoms with Crippen molar-refractivity contribution in [2.24, 2.45) is 5.92 Å². The summed E-state index contributed by atoms with van der Waals surface area (Å²) in [4.78, 5) is 26.5. The highest BCUT2D eigenvalue weighted by Gasteiger charge is 2.15. The number of rotatable bonds is 7. The molecule has 0 atom stereocenters. The molecule has 3 heterocycles. The molecular formula is C17H22N8O3. The van der Waals surface area contributed by atoms with Crippen molar-refractivity contribution in [3.63, 3.8) is 0 Å². The van der Waals surface area contributed by atoms with Crippen LogP contribution in [0.25, 0.3) is 5.65 Å². The highest BCUT2D eigenvalue weighted by Crippen LogP contribution is 2.22. The molecule has 1 amide bonds. The fraction of sp³-hybridized carbons (Fsp3) is 0.412. The second kappa shape index (κ2) is 8.03. The van der Waals surface area contributed by atoms with Gasteiger partial charge in [-0.25, -0.2) is 4.68 Å². The van der Waals surface area contributed by atoms with E-state index in [1.165, 1.54) is 16.9 Å². The Morgan fingerprint density at radius 3 is 2.79 bits per heavy atom. The normalized spacial score (nSPS) is 11.0. The zero-order valence-electron chi connectivity index (χ0n) is 16.2. The van der Waals surface area contributed by atoms with Gasteiger partial charge in [-0.2, -0.15) is 4.52 Å². The third-order valence-electron chi connectivity index (χ3n) is 3.66. The molecule has 3 rings (SSSR count). The van der Waals surface area contributed by atoms with Crippen molar-refractivity contribution in [3.05, 3.63) is 34.9 Å². The van der Waals surface area contributed by atoms with Gasteiger partial charge in [0.15, 0.2) is 23.0 Å². The maximum Gasteiger partial charge on any atom is 0.271 e. The number of fused-ring (bicyclic) bond motifs is 1. The maximum atomic E-state index is 12.4. The van der Waals surface area contributed by atoms with Crippen molar-refractivity contribution in [2.75, 3.05) is 30.9 Å². The van der Waals surface area contributed by atoms with E-state index in [1.807, 2.05) is 13.8 Å². The second-order valence-corrected chi connectivity index (χ2v) is 6.83. The molecule has 0 aliphatic carbocycles. The highest BCUT2D eigenvalue weighted by molar-refractivity contribution is 5.89. The average Bonchev–Trinajstić information content (AvgIpc) is 3.09. The number of hydrogen-bond acceptors (Lipinski definition) is 8. The predicted molar refractivity (Wildman–Crippen MR) is 103 cm³/mol. The van der Waals surface area contributed by atoms with Crippen LogP contribution in [0.4, 0.5) is 11.6 Å². The first-order chi connectivity index (χ1) is 13.3. The topological polar surface area (TPSA) is 120 Å².